The van der Waals surface area contributed by atoms with Gasteiger partial charge in [-0.2, -0.15) is 0 Å². The Balaban J connectivity index is 1.89. The fraction of sp³-hybridized carbons (Fsp3) is 0.591. The summed E-state index contributed by atoms with van der Waals surface area (Å²) in [5, 5.41) is 12.6. The van der Waals surface area contributed by atoms with Gasteiger partial charge in [0, 0.05) is 18.6 Å². The van der Waals surface area contributed by atoms with E-state index in [-0.39, 0.29) is 16.7 Å². The predicted molar refractivity (Wildman–Crippen MR) is 120 cm³/mol. The Bertz CT molecular complexity index is 824. The SMILES string of the molecule is CCC(C)(C)NC(=O)C(C)Sc1nnc(N2CCCCC2)n1-c1ccc(C)cc1. The Morgan fingerprint density at radius 3 is 2.45 bits per heavy atom. The molecular formula is C22H33N5OS. The third-order valence-electron chi connectivity index (χ3n) is 5.54. The topological polar surface area (TPSA) is 63.1 Å². The largest absolute Gasteiger partial charge is 0.350 e. The Kier molecular flexibility index (Phi) is 6.88. The molecule has 1 amide bonds. The average molecular weight is 416 g/mol. The predicted octanol–water partition coefficient (Wildman–Crippen LogP) is 4.35. The van der Waals surface area contributed by atoms with Gasteiger partial charge in [-0.05, 0) is 65.5 Å². The Morgan fingerprint density at radius 2 is 1.83 bits per heavy atom. The third-order valence-corrected chi connectivity index (χ3v) is 6.59. The summed E-state index contributed by atoms with van der Waals surface area (Å²) in [5.41, 5.74) is 2.03. The zero-order valence-electron chi connectivity index (χ0n) is 18.2. The van der Waals surface area contributed by atoms with Gasteiger partial charge < -0.3 is 10.2 Å². The summed E-state index contributed by atoms with van der Waals surface area (Å²) in [6, 6.07) is 8.40. The van der Waals surface area contributed by atoms with Crippen molar-refractivity contribution in [2.45, 2.75) is 76.2 Å². The van der Waals surface area contributed by atoms with Crippen LogP contribution in [0.3, 0.4) is 0 Å². The molecule has 1 saturated heterocycles. The van der Waals surface area contributed by atoms with E-state index in [1.807, 2.05) is 20.8 Å². The maximum atomic E-state index is 12.7. The Hall–Kier alpha value is -2.02. The molecule has 2 heterocycles. The van der Waals surface area contributed by atoms with Gasteiger partial charge in [0.2, 0.25) is 11.9 Å². The smallest absolute Gasteiger partial charge is 0.233 e. The number of aryl methyl sites for hydroxylation is 1. The van der Waals surface area contributed by atoms with Crippen molar-refractivity contribution in [2.24, 2.45) is 0 Å². The van der Waals surface area contributed by atoms with E-state index in [0.717, 1.165) is 36.3 Å². The molecule has 1 aromatic heterocycles. The first kappa shape index (κ1) is 21.7. The molecule has 6 nitrogen and oxygen atoms in total. The molecule has 1 fully saturated rings. The molecule has 0 spiro atoms. The highest BCUT2D eigenvalue weighted by atomic mass is 32.2. The zero-order valence-corrected chi connectivity index (χ0v) is 19.1. The van der Waals surface area contributed by atoms with Crippen LogP contribution in [0.2, 0.25) is 0 Å². The molecule has 158 valence electrons. The van der Waals surface area contributed by atoms with Crippen molar-refractivity contribution in [3.8, 4) is 5.69 Å². The molecular weight excluding hydrogens is 382 g/mol. The molecule has 0 radical (unpaired) electrons. The number of carbonyl (C=O) groups is 1. The van der Waals surface area contributed by atoms with Crippen LogP contribution in [-0.4, -0.2) is 44.6 Å². The van der Waals surface area contributed by atoms with Gasteiger partial charge >= 0.3 is 0 Å². The first-order chi connectivity index (χ1) is 13.8. The van der Waals surface area contributed by atoms with Crippen LogP contribution in [0.5, 0.6) is 0 Å². The number of hydrogen-bond donors (Lipinski definition) is 1. The van der Waals surface area contributed by atoms with Gasteiger partial charge in [-0.15, -0.1) is 10.2 Å². The fourth-order valence-electron chi connectivity index (χ4n) is 3.29. The van der Waals surface area contributed by atoms with Crippen LogP contribution in [-0.2, 0) is 4.79 Å². The monoisotopic (exact) mass is 415 g/mol. The number of anilines is 1. The van der Waals surface area contributed by atoms with E-state index in [1.165, 1.54) is 36.6 Å². The lowest BCUT2D eigenvalue weighted by Crippen LogP contribution is -2.46. The van der Waals surface area contributed by atoms with Gasteiger partial charge in [0.25, 0.3) is 0 Å². The van der Waals surface area contributed by atoms with E-state index in [1.54, 1.807) is 0 Å². The highest BCUT2D eigenvalue weighted by Gasteiger charge is 2.27. The minimum absolute atomic E-state index is 0.0276. The number of nitrogens with zero attached hydrogens (tertiary/aromatic N) is 4. The number of piperidine rings is 1. The van der Waals surface area contributed by atoms with Crippen molar-refractivity contribution in [3.05, 3.63) is 29.8 Å². The van der Waals surface area contributed by atoms with Crippen molar-refractivity contribution in [2.75, 3.05) is 18.0 Å². The van der Waals surface area contributed by atoms with Crippen LogP contribution in [0, 0.1) is 6.92 Å². The molecule has 0 saturated carbocycles. The highest BCUT2D eigenvalue weighted by molar-refractivity contribution is 8.00. The second-order valence-electron chi connectivity index (χ2n) is 8.49. The van der Waals surface area contributed by atoms with Gasteiger partial charge in [0.1, 0.15) is 0 Å². The quantitative estimate of drug-likeness (QED) is 0.681. The van der Waals surface area contributed by atoms with Crippen molar-refractivity contribution in [1.82, 2.24) is 20.1 Å². The molecule has 1 aliphatic rings. The number of aromatic nitrogens is 3. The summed E-state index contributed by atoms with van der Waals surface area (Å²) in [5.74, 6) is 0.900. The van der Waals surface area contributed by atoms with Crippen LogP contribution in [0.1, 0.15) is 58.9 Å². The number of hydrogen-bond acceptors (Lipinski definition) is 5. The molecule has 29 heavy (non-hydrogen) atoms. The van der Waals surface area contributed by atoms with E-state index < -0.39 is 0 Å². The molecule has 0 aliphatic carbocycles. The van der Waals surface area contributed by atoms with Gasteiger partial charge in [-0.3, -0.25) is 9.36 Å². The lowest BCUT2D eigenvalue weighted by molar-refractivity contribution is -0.121. The third kappa shape index (κ3) is 5.32. The van der Waals surface area contributed by atoms with Crippen molar-refractivity contribution in [3.63, 3.8) is 0 Å². The van der Waals surface area contributed by atoms with Crippen LogP contribution in [0.4, 0.5) is 5.95 Å². The van der Waals surface area contributed by atoms with Crippen molar-refractivity contribution >= 4 is 23.6 Å². The van der Waals surface area contributed by atoms with Crippen LogP contribution < -0.4 is 10.2 Å². The van der Waals surface area contributed by atoms with Gasteiger partial charge in [-0.1, -0.05) is 36.4 Å². The first-order valence-corrected chi connectivity index (χ1v) is 11.4. The number of amides is 1. The summed E-state index contributed by atoms with van der Waals surface area (Å²) in [7, 11) is 0. The minimum Gasteiger partial charge on any atom is -0.350 e. The number of carbonyl (C=O) groups excluding carboxylic acids is 1. The van der Waals surface area contributed by atoms with Gasteiger partial charge in [-0.25, -0.2) is 0 Å². The number of rotatable bonds is 7. The molecule has 0 bridgehead atoms. The normalized spacial score (nSPS) is 16.0. The van der Waals surface area contributed by atoms with Gasteiger partial charge in [0.05, 0.1) is 10.9 Å². The Morgan fingerprint density at radius 1 is 1.17 bits per heavy atom. The van der Waals surface area contributed by atoms with Gasteiger partial charge in [0.15, 0.2) is 5.16 Å². The second-order valence-corrected chi connectivity index (χ2v) is 9.80. The second kappa shape index (κ2) is 9.20. The molecule has 1 atom stereocenters. The van der Waals surface area contributed by atoms with E-state index >= 15 is 0 Å². The lowest BCUT2D eigenvalue weighted by Gasteiger charge is -2.28. The molecule has 1 unspecified atom stereocenters. The number of benzene rings is 1. The maximum absolute atomic E-state index is 12.7. The maximum Gasteiger partial charge on any atom is 0.233 e. The fourth-order valence-corrected chi connectivity index (χ4v) is 4.15. The van der Waals surface area contributed by atoms with Crippen LogP contribution >= 0.6 is 11.8 Å². The Labute approximate surface area is 178 Å². The minimum atomic E-state index is -0.261. The summed E-state index contributed by atoms with van der Waals surface area (Å²) in [6.07, 6.45) is 4.50. The zero-order chi connectivity index (χ0) is 21.0. The summed E-state index contributed by atoms with van der Waals surface area (Å²) in [6.45, 7) is 12.2. The summed E-state index contributed by atoms with van der Waals surface area (Å²) in [4.78, 5) is 15.0. The van der Waals surface area contributed by atoms with Crippen LogP contribution in [0.25, 0.3) is 5.69 Å². The summed E-state index contributed by atoms with van der Waals surface area (Å²) >= 11 is 1.46. The highest BCUT2D eigenvalue weighted by Crippen LogP contribution is 2.31. The number of thioether (sulfide) groups is 1. The van der Waals surface area contributed by atoms with Crippen LogP contribution in [0.15, 0.2) is 29.4 Å². The lowest BCUT2D eigenvalue weighted by atomic mass is 10.0. The standard InChI is InChI=1S/C22H33N5OS/c1-6-22(4,5)23-19(28)17(3)29-21-25-24-20(26-14-8-7-9-15-26)27(21)18-12-10-16(2)11-13-18/h10-13,17H,6-9,14-15H2,1-5H3,(H,23,28). The van der Waals surface area contributed by atoms with Crippen molar-refractivity contribution in [1.29, 1.82) is 0 Å². The van der Waals surface area contributed by atoms with E-state index in [4.69, 9.17) is 0 Å². The van der Waals surface area contributed by atoms with E-state index in [0.29, 0.717) is 0 Å². The molecule has 3 rings (SSSR count). The molecule has 1 N–H and O–H groups in total. The molecule has 1 aromatic carbocycles. The molecule has 1 aliphatic heterocycles. The first-order valence-electron chi connectivity index (χ1n) is 10.6. The summed E-state index contributed by atoms with van der Waals surface area (Å²) < 4.78 is 2.10. The van der Waals surface area contributed by atoms with Crippen molar-refractivity contribution < 1.29 is 4.79 Å². The van der Waals surface area contributed by atoms with E-state index in [2.05, 4.69) is 63.1 Å². The van der Waals surface area contributed by atoms with E-state index in [9.17, 15) is 4.79 Å². The molecule has 7 heteroatoms. The number of nitrogens with one attached hydrogen (secondary N) is 1. The average Bonchev–Trinajstić information content (AvgIpc) is 3.12. The molecule has 2 aromatic rings.